The summed E-state index contributed by atoms with van der Waals surface area (Å²) in [5, 5.41) is 3.05. The number of hydrogen-bond acceptors (Lipinski definition) is 4. The Kier molecular flexibility index (Phi) is 5.44. The minimum atomic E-state index is -0.199. The molecule has 4 rings (SSSR count). The molecule has 0 saturated heterocycles. The summed E-state index contributed by atoms with van der Waals surface area (Å²) < 4.78 is 3.06. The van der Waals surface area contributed by atoms with Crippen molar-refractivity contribution in [1.82, 2.24) is 10.0 Å². The number of carbonyl (C=O) groups excluding carboxylic acids is 1. The second-order valence-electron chi connectivity index (χ2n) is 6.72. The molecule has 28 heavy (non-hydrogen) atoms. The Bertz CT molecular complexity index is 963. The van der Waals surface area contributed by atoms with Crippen molar-refractivity contribution in [2.24, 2.45) is 4.99 Å². The molecular weight excluding hydrogens is 366 g/mol. The maximum Gasteiger partial charge on any atom is 0.287 e. The van der Waals surface area contributed by atoms with Crippen LogP contribution < -0.4 is 10.0 Å². The summed E-state index contributed by atoms with van der Waals surface area (Å²) in [5.41, 5.74) is 4.33. The number of hydrogen-bond donors (Lipinski definition) is 2. The average molecular weight is 388 g/mol. The van der Waals surface area contributed by atoms with E-state index in [0.717, 1.165) is 10.6 Å². The number of benzene rings is 3. The molecule has 1 heterocycles. The van der Waals surface area contributed by atoms with Crippen LogP contribution in [0.3, 0.4) is 0 Å². The molecule has 0 unspecified atom stereocenters. The number of amides is 1. The smallest absolute Gasteiger partial charge is 0.287 e. The molecule has 4 nitrogen and oxygen atoms in total. The molecular formula is C23H21N3OS. The van der Waals surface area contributed by atoms with Gasteiger partial charge in [-0.15, -0.1) is 0 Å². The van der Waals surface area contributed by atoms with Crippen LogP contribution in [0.4, 0.5) is 5.69 Å². The van der Waals surface area contributed by atoms with E-state index >= 15 is 0 Å². The van der Waals surface area contributed by atoms with Crippen molar-refractivity contribution < 1.29 is 4.79 Å². The molecule has 140 valence electrons. The highest BCUT2D eigenvalue weighted by Crippen LogP contribution is 2.32. The summed E-state index contributed by atoms with van der Waals surface area (Å²) in [6.45, 7) is 2.54. The first-order valence-electron chi connectivity index (χ1n) is 9.21. The van der Waals surface area contributed by atoms with E-state index in [1.165, 1.54) is 28.6 Å². The van der Waals surface area contributed by atoms with Gasteiger partial charge < -0.3 is 10.0 Å². The maximum absolute atomic E-state index is 12.7. The lowest BCUT2D eigenvalue weighted by molar-refractivity contribution is -0.114. The fraction of sp³-hybridized carbons (Fsp3) is 0.130. The molecule has 5 heteroatoms. The lowest BCUT2D eigenvalue weighted by Crippen LogP contribution is -2.40. The Labute approximate surface area is 169 Å². The summed E-state index contributed by atoms with van der Waals surface area (Å²) in [4.78, 5) is 18.2. The average Bonchev–Trinajstić information content (AvgIpc) is 2.75. The first-order valence-corrected chi connectivity index (χ1v) is 10.0. The van der Waals surface area contributed by atoms with E-state index in [2.05, 4.69) is 45.4 Å². The van der Waals surface area contributed by atoms with Crippen LogP contribution in [0.2, 0.25) is 0 Å². The van der Waals surface area contributed by atoms with Gasteiger partial charge in [0.15, 0.2) is 0 Å². The largest absolute Gasteiger partial charge is 0.348 e. The molecule has 2 N–H and O–H groups in total. The highest BCUT2D eigenvalue weighted by Gasteiger charge is 2.21. The molecule has 0 radical (unpaired) electrons. The number of aliphatic imine (C=N–C) groups is 1. The summed E-state index contributed by atoms with van der Waals surface area (Å²) in [5.74, 6) is 0.218. The van der Waals surface area contributed by atoms with Crippen LogP contribution in [-0.4, -0.2) is 18.3 Å². The van der Waals surface area contributed by atoms with Crippen LogP contribution in [0.15, 0.2) is 88.8 Å². The van der Waals surface area contributed by atoms with Gasteiger partial charge in [0.25, 0.3) is 5.91 Å². The normalized spacial score (nSPS) is 12.7. The molecule has 0 saturated carbocycles. The first-order chi connectivity index (χ1) is 13.7. The Balaban J connectivity index is 1.51. The van der Waals surface area contributed by atoms with Crippen molar-refractivity contribution in [3.8, 4) is 0 Å². The lowest BCUT2D eigenvalue weighted by Gasteiger charge is -2.20. The lowest BCUT2D eigenvalue weighted by atomic mass is 9.91. The molecule has 0 atom stereocenters. The van der Waals surface area contributed by atoms with Crippen LogP contribution in [0.1, 0.15) is 22.6 Å². The molecule has 1 amide bonds. The van der Waals surface area contributed by atoms with Gasteiger partial charge in [-0.3, -0.25) is 4.79 Å². The molecule has 0 bridgehead atoms. The molecule has 1 aliphatic rings. The molecule has 0 aliphatic carbocycles. The molecule has 3 aromatic carbocycles. The minimum absolute atomic E-state index is 0.0816. The Morgan fingerprint density at radius 3 is 2.29 bits per heavy atom. The zero-order valence-electron chi connectivity index (χ0n) is 15.6. The van der Waals surface area contributed by atoms with Crippen molar-refractivity contribution in [2.45, 2.75) is 17.7 Å². The van der Waals surface area contributed by atoms with Crippen molar-refractivity contribution in [1.29, 1.82) is 0 Å². The summed E-state index contributed by atoms with van der Waals surface area (Å²) in [7, 11) is 0. The third-order valence-electron chi connectivity index (χ3n) is 4.69. The minimum Gasteiger partial charge on any atom is -0.348 e. The predicted octanol–water partition coefficient (Wildman–Crippen LogP) is 4.58. The Morgan fingerprint density at radius 2 is 1.64 bits per heavy atom. The van der Waals surface area contributed by atoms with Crippen LogP contribution in [0.5, 0.6) is 0 Å². The van der Waals surface area contributed by atoms with Crippen LogP contribution in [0.25, 0.3) is 0 Å². The summed E-state index contributed by atoms with van der Waals surface area (Å²) >= 11 is 1.42. The number of carbonyl (C=O) groups is 1. The molecule has 0 spiro atoms. The zero-order valence-corrected chi connectivity index (χ0v) is 16.4. The SMILES string of the molecule is Cc1ccc2c(c1)SNC(C(=O)NCC(c1ccccc1)c1ccccc1)=N2. The fourth-order valence-electron chi connectivity index (χ4n) is 3.22. The van der Waals surface area contributed by atoms with Crippen LogP contribution in [0, 0.1) is 6.92 Å². The van der Waals surface area contributed by atoms with Gasteiger partial charge in [0.05, 0.1) is 10.6 Å². The third kappa shape index (κ3) is 4.10. The number of nitrogens with zero attached hydrogens (tertiary/aromatic N) is 1. The molecule has 0 fully saturated rings. The quantitative estimate of drug-likeness (QED) is 0.630. The predicted molar refractivity (Wildman–Crippen MR) is 115 cm³/mol. The van der Waals surface area contributed by atoms with Crippen molar-refractivity contribution in [2.75, 3.05) is 6.54 Å². The Hall–Kier alpha value is -3.05. The standard InChI is InChI=1S/C23H21N3OS/c1-16-12-13-20-21(14-16)28-26-22(25-20)23(27)24-15-19(17-8-4-2-5-9-17)18-10-6-3-7-11-18/h2-14,19H,15H2,1H3,(H,24,27)(H,25,26). The highest BCUT2D eigenvalue weighted by atomic mass is 32.2. The van der Waals surface area contributed by atoms with Crippen molar-refractivity contribution in [3.05, 3.63) is 95.6 Å². The van der Waals surface area contributed by atoms with Gasteiger partial charge in [-0.2, -0.15) is 0 Å². The monoisotopic (exact) mass is 387 g/mol. The number of nitrogens with one attached hydrogen (secondary N) is 2. The number of aryl methyl sites for hydroxylation is 1. The molecule has 3 aromatic rings. The number of amidine groups is 1. The fourth-order valence-corrected chi connectivity index (χ4v) is 4.02. The summed E-state index contributed by atoms with van der Waals surface area (Å²) in [6, 6.07) is 26.5. The van der Waals surface area contributed by atoms with E-state index in [9.17, 15) is 4.79 Å². The van der Waals surface area contributed by atoms with Crippen LogP contribution >= 0.6 is 11.9 Å². The summed E-state index contributed by atoms with van der Waals surface area (Å²) in [6.07, 6.45) is 0. The number of fused-ring (bicyclic) bond motifs is 1. The van der Waals surface area contributed by atoms with Gasteiger partial charge >= 0.3 is 0 Å². The number of rotatable bonds is 5. The molecule has 1 aliphatic heterocycles. The van der Waals surface area contributed by atoms with Gasteiger partial charge in [-0.05, 0) is 47.7 Å². The van der Waals surface area contributed by atoms with E-state index in [1.807, 2.05) is 55.5 Å². The maximum atomic E-state index is 12.7. The molecule has 0 aromatic heterocycles. The van der Waals surface area contributed by atoms with Gasteiger partial charge in [-0.25, -0.2) is 4.99 Å². The second-order valence-corrected chi connectivity index (χ2v) is 7.57. The van der Waals surface area contributed by atoms with Gasteiger partial charge in [0.1, 0.15) is 0 Å². The van der Waals surface area contributed by atoms with Crippen molar-refractivity contribution in [3.63, 3.8) is 0 Å². The van der Waals surface area contributed by atoms with Gasteiger partial charge in [0.2, 0.25) is 5.84 Å². The van der Waals surface area contributed by atoms with Gasteiger partial charge in [0, 0.05) is 12.5 Å². The Morgan fingerprint density at radius 1 is 1.00 bits per heavy atom. The topological polar surface area (TPSA) is 53.5 Å². The van der Waals surface area contributed by atoms with E-state index in [0.29, 0.717) is 12.4 Å². The van der Waals surface area contributed by atoms with E-state index < -0.39 is 0 Å². The van der Waals surface area contributed by atoms with E-state index in [-0.39, 0.29) is 11.8 Å². The first kappa shape index (κ1) is 18.3. The zero-order chi connectivity index (χ0) is 19.3. The van der Waals surface area contributed by atoms with E-state index in [4.69, 9.17) is 0 Å². The van der Waals surface area contributed by atoms with Gasteiger partial charge in [-0.1, -0.05) is 66.7 Å². The van der Waals surface area contributed by atoms with Crippen LogP contribution in [-0.2, 0) is 4.79 Å². The highest BCUT2D eigenvalue weighted by molar-refractivity contribution is 7.98. The van der Waals surface area contributed by atoms with Crippen molar-refractivity contribution >= 4 is 29.4 Å². The third-order valence-corrected chi connectivity index (χ3v) is 5.53. The second kappa shape index (κ2) is 8.31. The van der Waals surface area contributed by atoms with E-state index in [1.54, 1.807) is 0 Å².